The van der Waals surface area contributed by atoms with Gasteiger partial charge in [-0.2, -0.15) is 0 Å². The Morgan fingerprint density at radius 3 is 2.71 bits per heavy atom. The fourth-order valence-electron chi connectivity index (χ4n) is 2.06. The molecular formula is C15H11F2N5O2. The van der Waals surface area contributed by atoms with Crippen LogP contribution in [0.25, 0.3) is 5.69 Å². The van der Waals surface area contributed by atoms with Gasteiger partial charge in [0.15, 0.2) is 0 Å². The van der Waals surface area contributed by atoms with E-state index in [0.29, 0.717) is 23.2 Å². The molecule has 1 aromatic heterocycles. The van der Waals surface area contributed by atoms with Gasteiger partial charge in [0.2, 0.25) is 0 Å². The topological polar surface area (TPSA) is 81.9 Å². The van der Waals surface area contributed by atoms with E-state index in [1.807, 2.05) is 0 Å². The highest BCUT2D eigenvalue weighted by Crippen LogP contribution is 2.23. The van der Waals surface area contributed by atoms with Crippen molar-refractivity contribution in [2.24, 2.45) is 0 Å². The fraction of sp³-hybridized carbons (Fsp3) is 0.0667. The van der Waals surface area contributed by atoms with Crippen LogP contribution in [0.2, 0.25) is 0 Å². The summed E-state index contributed by atoms with van der Waals surface area (Å²) < 4.78 is 33.2. The number of halogens is 2. The predicted octanol–water partition coefficient (Wildman–Crippen LogP) is 2.20. The van der Waals surface area contributed by atoms with Crippen LogP contribution in [0.5, 0.6) is 5.75 Å². The number of benzene rings is 2. The van der Waals surface area contributed by atoms with Gasteiger partial charge in [-0.25, -0.2) is 13.5 Å². The third-order valence-electron chi connectivity index (χ3n) is 3.17. The second-order valence-corrected chi connectivity index (χ2v) is 4.75. The molecule has 3 rings (SSSR count). The largest absolute Gasteiger partial charge is 0.497 e. The second kappa shape index (κ2) is 6.41. The molecule has 0 unspecified atom stereocenters. The molecule has 0 aliphatic rings. The van der Waals surface area contributed by atoms with Gasteiger partial charge in [0.1, 0.15) is 23.7 Å². The quantitative estimate of drug-likeness (QED) is 0.792. The zero-order valence-electron chi connectivity index (χ0n) is 12.4. The average Bonchev–Trinajstić information content (AvgIpc) is 3.08. The van der Waals surface area contributed by atoms with Crippen molar-refractivity contribution >= 4 is 11.6 Å². The smallest absolute Gasteiger partial charge is 0.258 e. The SMILES string of the molecule is COc1cc(NC(=O)c2ccc(F)cc2F)cc(-n2cnnn2)c1. The Labute approximate surface area is 134 Å². The van der Waals surface area contributed by atoms with Crippen molar-refractivity contribution in [2.75, 3.05) is 12.4 Å². The first kappa shape index (κ1) is 15.5. The van der Waals surface area contributed by atoms with Gasteiger partial charge in [-0.3, -0.25) is 4.79 Å². The van der Waals surface area contributed by atoms with E-state index in [2.05, 4.69) is 20.8 Å². The van der Waals surface area contributed by atoms with Crippen molar-refractivity contribution in [1.82, 2.24) is 20.2 Å². The maximum Gasteiger partial charge on any atom is 0.258 e. The maximum atomic E-state index is 13.7. The summed E-state index contributed by atoms with van der Waals surface area (Å²) in [5.74, 6) is -1.98. The molecule has 122 valence electrons. The zero-order valence-corrected chi connectivity index (χ0v) is 12.4. The number of methoxy groups -OCH3 is 1. The van der Waals surface area contributed by atoms with Crippen LogP contribution in [-0.2, 0) is 0 Å². The normalized spacial score (nSPS) is 10.5. The van der Waals surface area contributed by atoms with Gasteiger partial charge in [-0.15, -0.1) is 5.10 Å². The lowest BCUT2D eigenvalue weighted by atomic mass is 10.2. The number of hydrogen-bond donors (Lipinski definition) is 1. The zero-order chi connectivity index (χ0) is 17.1. The minimum absolute atomic E-state index is 0.275. The standard InChI is InChI=1S/C15H11F2N5O2/c1-24-12-6-10(5-11(7-12)22-8-18-20-21-22)19-15(23)13-3-2-9(16)4-14(13)17/h2-8H,1H3,(H,19,23). The van der Waals surface area contributed by atoms with Crippen LogP contribution in [0.15, 0.2) is 42.7 Å². The highest BCUT2D eigenvalue weighted by atomic mass is 19.1. The van der Waals surface area contributed by atoms with E-state index < -0.39 is 17.5 Å². The van der Waals surface area contributed by atoms with Crippen molar-refractivity contribution in [3.05, 3.63) is 59.9 Å². The lowest BCUT2D eigenvalue weighted by molar-refractivity contribution is 0.102. The summed E-state index contributed by atoms with van der Waals surface area (Å²) in [6, 6.07) is 7.52. The number of rotatable bonds is 4. The van der Waals surface area contributed by atoms with Crippen LogP contribution in [0.3, 0.4) is 0 Å². The molecule has 1 heterocycles. The number of carbonyl (C=O) groups excluding carboxylic acids is 1. The third kappa shape index (κ3) is 3.19. The van der Waals surface area contributed by atoms with E-state index in [1.165, 1.54) is 18.1 Å². The molecule has 3 aromatic rings. The molecule has 7 nitrogen and oxygen atoms in total. The first-order valence-corrected chi connectivity index (χ1v) is 6.75. The molecule has 24 heavy (non-hydrogen) atoms. The molecule has 0 atom stereocenters. The highest BCUT2D eigenvalue weighted by Gasteiger charge is 2.14. The van der Waals surface area contributed by atoms with E-state index in [1.54, 1.807) is 18.2 Å². The molecular weight excluding hydrogens is 320 g/mol. The summed E-state index contributed by atoms with van der Waals surface area (Å²) >= 11 is 0. The highest BCUT2D eigenvalue weighted by molar-refractivity contribution is 6.04. The monoisotopic (exact) mass is 331 g/mol. The molecule has 0 saturated heterocycles. The molecule has 0 spiro atoms. The summed E-state index contributed by atoms with van der Waals surface area (Å²) in [6.45, 7) is 0. The third-order valence-corrected chi connectivity index (χ3v) is 3.17. The minimum Gasteiger partial charge on any atom is -0.497 e. The predicted molar refractivity (Wildman–Crippen MR) is 80.0 cm³/mol. The van der Waals surface area contributed by atoms with Crippen LogP contribution in [0, 0.1) is 11.6 Å². The van der Waals surface area contributed by atoms with Gasteiger partial charge in [-0.1, -0.05) is 0 Å². The van der Waals surface area contributed by atoms with E-state index >= 15 is 0 Å². The lowest BCUT2D eigenvalue weighted by Gasteiger charge is -2.10. The molecule has 0 saturated carbocycles. The number of nitrogens with one attached hydrogen (secondary N) is 1. The number of amides is 1. The number of ether oxygens (including phenoxy) is 1. The first-order chi connectivity index (χ1) is 11.6. The summed E-state index contributed by atoms with van der Waals surface area (Å²) in [6.07, 6.45) is 1.38. The summed E-state index contributed by atoms with van der Waals surface area (Å²) in [5, 5.41) is 13.3. The molecule has 1 amide bonds. The maximum absolute atomic E-state index is 13.7. The molecule has 0 aliphatic heterocycles. The molecule has 0 aliphatic carbocycles. The number of anilines is 1. The number of aromatic nitrogens is 4. The van der Waals surface area contributed by atoms with Crippen LogP contribution >= 0.6 is 0 Å². The van der Waals surface area contributed by atoms with Gasteiger partial charge < -0.3 is 10.1 Å². The Hall–Kier alpha value is -3.36. The van der Waals surface area contributed by atoms with Crippen molar-refractivity contribution in [3.8, 4) is 11.4 Å². The van der Waals surface area contributed by atoms with Gasteiger partial charge >= 0.3 is 0 Å². The van der Waals surface area contributed by atoms with Crippen molar-refractivity contribution < 1.29 is 18.3 Å². The summed E-state index contributed by atoms with van der Waals surface area (Å²) in [4.78, 5) is 12.2. The van der Waals surface area contributed by atoms with Crippen molar-refractivity contribution in [3.63, 3.8) is 0 Å². The van der Waals surface area contributed by atoms with Gasteiger partial charge in [0.25, 0.3) is 5.91 Å². The molecule has 2 aromatic carbocycles. The minimum atomic E-state index is -0.948. The van der Waals surface area contributed by atoms with Crippen LogP contribution in [0.1, 0.15) is 10.4 Å². The molecule has 0 bridgehead atoms. The number of carbonyl (C=O) groups is 1. The van der Waals surface area contributed by atoms with E-state index in [4.69, 9.17) is 4.74 Å². The van der Waals surface area contributed by atoms with E-state index in [-0.39, 0.29) is 5.56 Å². The van der Waals surface area contributed by atoms with Crippen molar-refractivity contribution in [2.45, 2.75) is 0 Å². The number of nitrogens with zero attached hydrogens (tertiary/aromatic N) is 4. The number of tetrazole rings is 1. The van der Waals surface area contributed by atoms with E-state index in [0.717, 1.165) is 12.1 Å². The van der Waals surface area contributed by atoms with Gasteiger partial charge in [0, 0.05) is 23.9 Å². The molecule has 0 radical (unpaired) electrons. The number of hydrogen-bond acceptors (Lipinski definition) is 5. The van der Waals surface area contributed by atoms with E-state index in [9.17, 15) is 13.6 Å². The first-order valence-electron chi connectivity index (χ1n) is 6.75. The van der Waals surface area contributed by atoms with Crippen LogP contribution in [-0.4, -0.2) is 33.2 Å². The Balaban J connectivity index is 1.91. The second-order valence-electron chi connectivity index (χ2n) is 4.75. The lowest BCUT2D eigenvalue weighted by Crippen LogP contribution is -2.14. The van der Waals surface area contributed by atoms with Crippen LogP contribution < -0.4 is 10.1 Å². The Morgan fingerprint density at radius 1 is 1.21 bits per heavy atom. The Morgan fingerprint density at radius 2 is 2.04 bits per heavy atom. The Bertz CT molecular complexity index is 884. The van der Waals surface area contributed by atoms with Gasteiger partial charge in [0.05, 0.1) is 18.4 Å². The molecule has 1 N–H and O–H groups in total. The van der Waals surface area contributed by atoms with Crippen LogP contribution in [0.4, 0.5) is 14.5 Å². The Kier molecular flexibility index (Phi) is 4.15. The summed E-state index contributed by atoms with van der Waals surface area (Å²) in [5.41, 5.74) is 0.603. The molecule has 9 heteroatoms. The molecule has 0 fully saturated rings. The summed E-state index contributed by atoms with van der Waals surface area (Å²) in [7, 11) is 1.46. The van der Waals surface area contributed by atoms with Gasteiger partial charge in [-0.05, 0) is 28.6 Å². The van der Waals surface area contributed by atoms with Crippen molar-refractivity contribution in [1.29, 1.82) is 0 Å². The average molecular weight is 331 g/mol. The fourth-order valence-corrected chi connectivity index (χ4v) is 2.06.